The maximum Gasteiger partial charge on any atom is 0.225 e. The number of hydrogen-bond donors (Lipinski definition) is 2. The summed E-state index contributed by atoms with van der Waals surface area (Å²) in [6.07, 6.45) is 1.76. The lowest BCUT2D eigenvalue weighted by molar-refractivity contribution is 0.425. The maximum atomic E-state index is 5.95. The van der Waals surface area contributed by atoms with Crippen molar-refractivity contribution in [2.24, 2.45) is 0 Å². The summed E-state index contributed by atoms with van der Waals surface area (Å²) in [7, 11) is 4.07. The number of likely N-dealkylation sites (N-methyl/N-ethyl adjacent to an activating group) is 1. The number of pyridine rings is 1. The van der Waals surface area contributed by atoms with Crippen LogP contribution < -0.4 is 10.6 Å². The largest absolute Gasteiger partial charge is 0.366 e. The Labute approximate surface area is 164 Å². The van der Waals surface area contributed by atoms with Crippen molar-refractivity contribution in [3.8, 4) is 11.4 Å². The van der Waals surface area contributed by atoms with Gasteiger partial charge in [-0.05, 0) is 43.9 Å². The minimum atomic E-state index is 0.582. The molecule has 0 bridgehead atoms. The van der Waals surface area contributed by atoms with E-state index >= 15 is 0 Å². The van der Waals surface area contributed by atoms with Crippen LogP contribution in [0.4, 0.5) is 11.8 Å². The quantitative estimate of drug-likeness (QED) is 0.618. The first-order valence-corrected chi connectivity index (χ1v) is 9.15. The molecular weight excluding hydrogens is 360 g/mol. The second kappa shape index (κ2) is 9.30. The number of halogens is 1. The van der Waals surface area contributed by atoms with E-state index in [2.05, 4.69) is 30.5 Å². The lowest BCUT2D eigenvalue weighted by Crippen LogP contribution is -2.21. The van der Waals surface area contributed by atoms with E-state index < -0.39 is 0 Å². The third-order valence-electron chi connectivity index (χ3n) is 3.88. The van der Waals surface area contributed by atoms with Crippen molar-refractivity contribution in [1.29, 1.82) is 0 Å². The molecule has 140 valence electrons. The molecule has 0 atom stereocenters. The van der Waals surface area contributed by atoms with E-state index in [0.29, 0.717) is 12.5 Å². The molecule has 6 nitrogen and oxygen atoms in total. The molecule has 0 spiro atoms. The topological polar surface area (TPSA) is 66.0 Å². The fraction of sp³-hybridized carbons (Fsp3) is 0.250. The smallest absolute Gasteiger partial charge is 0.225 e. The Balaban J connectivity index is 1.79. The standard InChI is InChI=1S/C20H23ClN6/c1-27(2)12-11-23-20-25-18(17-5-3-4-10-22-17)13-19(26-20)24-14-15-6-8-16(21)9-7-15/h3-10,13H,11-12,14H2,1-2H3,(H2,23,24,25,26). The van der Waals surface area contributed by atoms with E-state index in [1.165, 1.54) is 0 Å². The monoisotopic (exact) mass is 382 g/mol. The van der Waals surface area contributed by atoms with E-state index in [9.17, 15) is 0 Å². The zero-order valence-electron chi connectivity index (χ0n) is 15.5. The van der Waals surface area contributed by atoms with E-state index in [1.807, 2.05) is 62.6 Å². The zero-order valence-corrected chi connectivity index (χ0v) is 16.2. The van der Waals surface area contributed by atoms with Gasteiger partial charge in [0.05, 0.1) is 11.4 Å². The van der Waals surface area contributed by atoms with Crippen molar-refractivity contribution >= 4 is 23.4 Å². The summed E-state index contributed by atoms with van der Waals surface area (Å²) >= 11 is 5.95. The van der Waals surface area contributed by atoms with Gasteiger partial charge in [0.1, 0.15) is 5.82 Å². The maximum absolute atomic E-state index is 5.95. The van der Waals surface area contributed by atoms with Crippen LogP contribution in [0.15, 0.2) is 54.7 Å². The van der Waals surface area contributed by atoms with Crippen molar-refractivity contribution < 1.29 is 0 Å². The Morgan fingerprint density at radius 3 is 2.48 bits per heavy atom. The van der Waals surface area contributed by atoms with Gasteiger partial charge in [0, 0.05) is 36.9 Å². The molecule has 27 heavy (non-hydrogen) atoms. The highest BCUT2D eigenvalue weighted by atomic mass is 35.5. The van der Waals surface area contributed by atoms with Gasteiger partial charge in [-0.3, -0.25) is 4.98 Å². The van der Waals surface area contributed by atoms with Crippen molar-refractivity contribution in [3.63, 3.8) is 0 Å². The molecule has 7 heteroatoms. The lowest BCUT2D eigenvalue weighted by atomic mass is 10.2. The minimum absolute atomic E-state index is 0.582. The molecular formula is C20H23ClN6. The predicted molar refractivity (Wildman–Crippen MR) is 111 cm³/mol. The van der Waals surface area contributed by atoms with Crippen molar-refractivity contribution in [2.45, 2.75) is 6.54 Å². The Morgan fingerprint density at radius 1 is 0.963 bits per heavy atom. The summed E-state index contributed by atoms with van der Waals surface area (Å²) in [4.78, 5) is 15.7. The average molecular weight is 383 g/mol. The van der Waals surface area contributed by atoms with Crippen LogP contribution in [0, 0.1) is 0 Å². The molecule has 3 rings (SSSR count). The fourth-order valence-electron chi connectivity index (χ4n) is 2.45. The molecule has 3 aromatic rings. The molecule has 2 heterocycles. The summed E-state index contributed by atoms with van der Waals surface area (Å²) in [5.41, 5.74) is 2.71. The van der Waals surface area contributed by atoms with Crippen LogP contribution in [0.2, 0.25) is 5.02 Å². The van der Waals surface area contributed by atoms with Crippen LogP contribution >= 0.6 is 11.6 Å². The zero-order chi connectivity index (χ0) is 19.1. The molecule has 1 aromatic carbocycles. The molecule has 2 aromatic heterocycles. The molecule has 0 fully saturated rings. The van der Waals surface area contributed by atoms with Crippen LogP contribution in [-0.4, -0.2) is 47.0 Å². The van der Waals surface area contributed by atoms with Gasteiger partial charge in [-0.25, -0.2) is 4.98 Å². The van der Waals surface area contributed by atoms with E-state index in [1.54, 1.807) is 6.20 Å². The molecule has 0 saturated heterocycles. The van der Waals surface area contributed by atoms with Crippen molar-refractivity contribution in [3.05, 3.63) is 65.3 Å². The van der Waals surface area contributed by atoms with Crippen LogP contribution in [0.1, 0.15) is 5.56 Å². The summed E-state index contributed by atoms with van der Waals surface area (Å²) in [5.74, 6) is 1.33. The van der Waals surface area contributed by atoms with Crippen LogP contribution in [-0.2, 0) is 6.54 Å². The predicted octanol–water partition coefficient (Wildman–Crippen LogP) is 3.78. The second-order valence-corrected chi connectivity index (χ2v) is 6.82. The van der Waals surface area contributed by atoms with Gasteiger partial charge >= 0.3 is 0 Å². The SMILES string of the molecule is CN(C)CCNc1nc(NCc2ccc(Cl)cc2)cc(-c2ccccn2)n1. The van der Waals surface area contributed by atoms with Gasteiger partial charge < -0.3 is 15.5 Å². The highest BCUT2D eigenvalue weighted by Crippen LogP contribution is 2.20. The van der Waals surface area contributed by atoms with Gasteiger partial charge in [0.2, 0.25) is 5.95 Å². The summed E-state index contributed by atoms with van der Waals surface area (Å²) in [6.45, 7) is 2.30. The minimum Gasteiger partial charge on any atom is -0.366 e. The molecule has 0 aliphatic rings. The van der Waals surface area contributed by atoms with Gasteiger partial charge in [-0.1, -0.05) is 29.8 Å². The number of nitrogens with one attached hydrogen (secondary N) is 2. The average Bonchev–Trinajstić information content (AvgIpc) is 2.68. The molecule has 0 unspecified atom stereocenters. The first-order chi connectivity index (χ1) is 13.1. The number of rotatable bonds is 8. The first-order valence-electron chi connectivity index (χ1n) is 8.77. The highest BCUT2D eigenvalue weighted by Gasteiger charge is 2.08. The number of anilines is 2. The molecule has 0 saturated carbocycles. The molecule has 0 aliphatic heterocycles. The third-order valence-corrected chi connectivity index (χ3v) is 4.13. The number of nitrogens with zero attached hydrogens (tertiary/aromatic N) is 4. The van der Waals surface area contributed by atoms with Crippen molar-refractivity contribution in [1.82, 2.24) is 19.9 Å². The van der Waals surface area contributed by atoms with Gasteiger partial charge in [-0.2, -0.15) is 4.98 Å². The Hall–Kier alpha value is -2.70. The van der Waals surface area contributed by atoms with E-state index in [0.717, 1.165) is 40.9 Å². The lowest BCUT2D eigenvalue weighted by Gasteiger charge is -2.13. The van der Waals surface area contributed by atoms with Gasteiger partial charge in [0.25, 0.3) is 0 Å². The van der Waals surface area contributed by atoms with E-state index in [-0.39, 0.29) is 0 Å². The van der Waals surface area contributed by atoms with Crippen molar-refractivity contribution in [2.75, 3.05) is 37.8 Å². The summed E-state index contributed by atoms with van der Waals surface area (Å²) in [6, 6.07) is 15.4. The Morgan fingerprint density at radius 2 is 1.78 bits per heavy atom. The number of hydrogen-bond acceptors (Lipinski definition) is 6. The van der Waals surface area contributed by atoms with Crippen LogP contribution in [0.5, 0.6) is 0 Å². The van der Waals surface area contributed by atoms with Gasteiger partial charge in [-0.15, -0.1) is 0 Å². The van der Waals surface area contributed by atoms with Crippen LogP contribution in [0.3, 0.4) is 0 Å². The fourth-order valence-corrected chi connectivity index (χ4v) is 2.57. The number of benzene rings is 1. The Bertz CT molecular complexity index is 852. The Kier molecular flexibility index (Phi) is 6.57. The summed E-state index contributed by atoms with van der Waals surface area (Å²) < 4.78 is 0. The van der Waals surface area contributed by atoms with Crippen LogP contribution in [0.25, 0.3) is 11.4 Å². The number of aromatic nitrogens is 3. The highest BCUT2D eigenvalue weighted by molar-refractivity contribution is 6.30. The van der Waals surface area contributed by atoms with E-state index in [4.69, 9.17) is 11.6 Å². The van der Waals surface area contributed by atoms with Gasteiger partial charge in [0.15, 0.2) is 0 Å². The first kappa shape index (κ1) is 19.1. The molecule has 0 amide bonds. The molecule has 0 radical (unpaired) electrons. The second-order valence-electron chi connectivity index (χ2n) is 6.39. The molecule has 2 N–H and O–H groups in total. The summed E-state index contributed by atoms with van der Waals surface area (Å²) in [5, 5.41) is 7.37. The molecule has 0 aliphatic carbocycles. The normalized spacial score (nSPS) is 10.8. The third kappa shape index (κ3) is 5.91.